The fourth-order valence-electron chi connectivity index (χ4n) is 2.55. The van der Waals surface area contributed by atoms with Gasteiger partial charge in [0.2, 0.25) is 0 Å². The third kappa shape index (κ3) is 5.12. The monoisotopic (exact) mass is 372 g/mol. The van der Waals surface area contributed by atoms with Crippen molar-refractivity contribution in [2.75, 3.05) is 27.3 Å². The molecule has 0 aliphatic carbocycles. The van der Waals surface area contributed by atoms with Gasteiger partial charge in [-0.1, -0.05) is 12.1 Å². The average molecular weight is 372 g/mol. The van der Waals surface area contributed by atoms with Crippen LogP contribution in [-0.2, 0) is 20.9 Å². The average Bonchev–Trinajstić information content (AvgIpc) is 2.64. The molecule has 0 radical (unpaired) electrons. The summed E-state index contributed by atoms with van der Waals surface area (Å²) in [6.07, 6.45) is 0.165. The number of urea groups is 1. The van der Waals surface area contributed by atoms with Crippen LogP contribution in [0.15, 0.2) is 29.3 Å². The fourth-order valence-corrected chi connectivity index (χ4v) is 2.55. The van der Waals surface area contributed by atoms with Crippen molar-refractivity contribution in [3.8, 4) is 6.07 Å². The van der Waals surface area contributed by atoms with Gasteiger partial charge in [0.15, 0.2) is 5.92 Å². The highest BCUT2D eigenvalue weighted by Gasteiger charge is 2.41. The van der Waals surface area contributed by atoms with Gasteiger partial charge in [0.25, 0.3) is 5.91 Å². The largest absolute Gasteiger partial charge is 0.376 e. The number of nitriles is 1. The molecule has 1 saturated heterocycles. The van der Waals surface area contributed by atoms with Crippen LogP contribution in [-0.4, -0.2) is 61.0 Å². The highest BCUT2D eigenvalue weighted by molar-refractivity contribution is 6.19. The van der Waals surface area contributed by atoms with Crippen molar-refractivity contribution in [3.63, 3.8) is 0 Å². The van der Waals surface area contributed by atoms with E-state index in [-0.39, 0.29) is 11.9 Å². The van der Waals surface area contributed by atoms with Crippen molar-refractivity contribution in [3.05, 3.63) is 29.8 Å². The quantitative estimate of drug-likeness (QED) is 0.685. The summed E-state index contributed by atoms with van der Waals surface area (Å²) in [6.45, 7) is 5.31. The van der Waals surface area contributed by atoms with Crippen LogP contribution >= 0.6 is 0 Å². The number of ether oxygens (including phenoxy) is 2. The second kappa shape index (κ2) is 9.26. The minimum Gasteiger partial charge on any atom is -0.376 e. The number of hydrogen-bond donors (Lipinski definition) is 0. The summed E-state index contributed by atoms with van der Waals surface area (Å²) < 4.78 is 11.0. The number of aliphatic imine (C=N–C) groups is 1. The zero-order valence-electron chi connectivity index (χ0n) is 16.0. The zero-order valence-corrected chi connectivity index (χ0v) is 16.0. The first-order valence-corrected chi connectivity index (χ1v) is 8.67. The van der Waals surface area contributed by atoms with E-state index in [4.69, 9.17) is 9.47 Å². The first kappa shape index (κ1) is 20.6. The van der Waals surface area contributed by atoms with Crippen LogP contribution in [0.5, 0.6) is 0 Å². The van der Waals surface area contributed by atoms with Gasteiger partial charge in [-0.15, -0.1) is 0 Å². The van der Waals surface area contributed by atoms with Crippen molar-refractivity contribution in [2.24, 2.45) is 10.9 Å². The maximum atomic E-state index is 12.2. The summed E-state index contributed by atoms with van der Waals surface area (Å²) in [6, 6.07) is 8.65. The second-order valence-electron chi connectivity index (χ2n) is 6.41. The molecule has 1 atom stereocenters. The Labute approximate surface area is 159 Å². The molecular formula is C19H24N4O4. The van der Waals surface area contributed by atoms with Crippen LogP contribution in [0.3, 0.4) is 0 Å². The van der Waals surface area contributed by atoms with Crippen LogP contribution in [0, 0.1) is 17.2 Å². The number of nitrogens with zero attached hydrogens (tertiary/aromatic N) is 4. The van der Waals surface area contributed by atoms with E-state index in [0.717, 1.165) is 10.5 Å². The Balaban J connectivity index is 2.12. The molecule has 8 nitrogen and oxygen atoms in total. The summed E-state index contributed by atoms with van der Waals surface area (Å²) in [5.41, 5.74) is 1.44. The van der Waals surface area contributed by atoms with Gasteiger partial charge in [-0.25, -0.2) is 9.79 Å². The van der Waals surface area contributed by atoms with E-state index < -0.39 is 17.9 Å². The Kier molecular flexibility index (Phi) is 7.05. The van der Waals surface area contributed by atoms with Crippen LogP contribution in [0.1, 0.15) is 19.4 Å². The smallest absolute Gasteiger partial charge is 0.331 e. The van der Waals surface area contributed by atoms with E-state index in [1.54, 1.807) is 12.1 Å². The molecular weight excluding hydrogens is 348 g/mol. The summed E-state index contributed by atoms with van der Waals surface area (Å²) >= 11 is 0. The van der Waals surface area contributed by atoms with E-state index in [1.165, 1.54) is 19.0 Å². The van der Waals surface area contributed by atoms with E-state index in [1.807, 2.05) is 32.0 Å². The van der Waals surface area contributed by atoms with Crippen molar-refractivity contribution in [1.29, 1.82) is 5.26 Å². The summed E-state index contributed by atoms with van der Waals surface area (Å²) in [7, 11) is 2.85. The fraction of sp³-hybridized carbons (Fsp3) is 0.474. The lowest BCUT2D eigenvalue weighted by Crippen LogP contribution is -2.56. The molecule has 8 heteroatoms. The molecule has 1 aliphatic rings. The Morgan fingerprint density at radius 2 is 1.96 bits per heavy atom. The van der Waals surface area contributed by atoms with E-state index in [2.05, 4.69) is 4.99 Å². The molecule has 1 aromatic carbocycles. The predicted molar refractivity (Wildman–Crippen MR) is 99.3 cm³/mol. The first-order valence-electron chi connectivity index (χ1n) is 8.67. The highest BCUT2D eigenvalue weighted by Crippen LogP contribution is 2.22. The summed E-state index contributed by atoms with van der Waals surface area (Å²) in [5, 5.41) is 9.34. The SMILES string of the molecule is CC(C)OCCOCc1cccc(N=C2C(C#N)C(=O)N(C)C(=O)N2C)c1. The number of benzene rings is 1. The van der Waals surface area contributed by atoms with Crippen molar-refractivity contribution < 1.29 is 19.1 Å². The van der Waals surface area contributed by atoms with Gasteiger partial charge in [0, 0.05) is 14.1 Å². The predicted octanol–water partition coefficient (Wildman–Crippen LogP) is 2.32. The first-order chi connectivity index (χ1) is 12.8. The zero-order chi connectivity index (χ0) is 20.0. The number of carbonyl (C=O) groups excluding carboxylic acids is 2. The van der Waals surface area contributed by atoms with Gasteiger partial charge in [-0.2, -0.15) is 5.26 Å². The Bertz CT molecular complexity index is 769. The lowest BCUT2D eigenvalue weighted by molar-refractivity contribution is -0.129. The normalized spacial score (nSPS) is 19.1. The molecule has 2 rings (SSSR count). The lowest BCUT2D eigenvalue weighted by atomic mass is 10.1. The molecule has 1 aliphatic heterocycles. The second-order valence-corrected chi connectivity index (χ2v) is 6.41. The number of hydrogen-bond acceptors (Lipinski definition) is 6. The minimum atomic E-state index is -1.12. The number of rotatable bonds is 7. The van der Waals surface area contributed by atoms with Crippen molar-refractivity contribution in [1.82, 2.24) is 9.80 Å². The van der Waals surface area contributed by atoms with Gasteiger partial charge in [-0.05, 0) is 31.5 Å². The van der Waals surface area contributed by atoms with Gasteiger partial charge >= 0.3 is 6.03 Å². The summed E-state index contributed by atoms with van der Waals surface area (Å²) in [4.78, 5) is 30.8. The lowest BCUT2D eigenvalue weighted by Gasteiger charge is -2.32. The molecule has 0 aromatic heterocycles. The van der Waals surface area contributed by atoms with Crippen LogP contribution in [0.25, 0.3) is 0 Å². The molecule has 1 fully saturated rings. The highest BCUT2D eigenvalue weighted by atomic mass is 16.5. The van der Waals surface area contributed by atoms with E-state index in [0.29, 0.717) is 25.5 Å². The number of amides is 3. The van der Waals surface area contributed by atoms with Gasteiger partial charge in [0.1, 0.15) is 5.84 Å². The number of amidine groups is 1. The molecule has 27 heavy (non-hydrogen) atoms. The molecule has 3 amide bonds. The minimum absolute atomic E-state index is 0.119. The van der Waals surface area contributed by atoms with Gasteiger partial charge in [0.05, 0.1) is 37.7 Å². The van der Waals surface area contributed by atoms with Gasteiger partial charge < -0.3 is 9.47 Å². The van der Waals surface area contributed by atoms with Crippen molar-refractivity contribution >= 4 is 23.5 Å². The number of imide groups is 1. The van der Waals surface area contributed by atoms with Crippen LogP contribution in [0.4, 0.5) is 10.5 Å². The Morgan fingerprint density at radius 3 is 2.63 bits per heavy atom. The number of carbonyl (C=O) groups is 2. The van der Waals surface area contributed by atoms with E-state index in [9.17, 15) is 14.9 Å². The Morgan fingerprint density at radius 1 is 1.22 bits per heavy atom. The third-order valence-corrected chi connectivity index (χ3v) is 3.98. The maximum Gasteiger partial charge on any atom is 0.331 e. The molecule has 0 saturated carbocycles. The van der Waals surface area contributed by atoms with Crippen LogP contribution in [0.2, 0.25) is 0 Å². The van der Waals surface area contributed by atoms with Gasteiger partial charge in [-0.3, -0.25) is 14.6 Å². The molecule has 0 N–H and O–H groups in total. The maximum absolute atomic E-state index is 12.2. The standard InChI is InChI=1S/C19H24N4O4/c1-13(2)27-9-8-26-12-14-6-5-7-15(10-14)21-17-16(11-20)18(24)23(4)19(25)22(17)3/h5-7,10,13,16H,8-9,12H2,1-4H3. The molecule has 144 valence electrons. The summed E-state index contributed by atoms with van der Waals surface area (Å²) in [5.74, 6) is -1.58. The molecule has 1 heterocycles. The molecule has 0 spiro atoms. The molecule has 1 aromatic rings. The van der Waals surface area contributed by atoms with E-state index >= 15 is 0 Å². The van der Waals surface area contributed by atoms with Crippen LogP contribution < -0.4 is 0 Å². The third-order valence-electron chi connectivity index (χ3n) is 3.98. The topological polar surface area (TPSA) is 95.2 Å². The molecule has 1 unspecified atom stereocenters. The van der Waals surface area contributed by atoms with Crippen molar-refractivity contribution in [2.45, 2.75) is 26.6 Å². The Hall–Kier alpha value is -2.76. The molecule has 0 bridgehead atoms.